The zero-order valence-electron chi connectivity index (χ0n) is 10.3. The third-order valence-corrected chi connectivity index (χ3v) is 2.71. The summed E-state index contributed by atoms with van der Waals surface area (Å²) >= 11 is 0. The predicted octanol–water partition coefficient (Wildman–Crippen LogP) is 2.45. The van der Waals surface area contributed by atoms with E-state index in [1.807, 2.05) is 26.1 Å². The largest absolute Gasteiger partial charge is 0.398 e. The van der Waals surface area contributed by atoms with E-state index >= 15 is 0 Å². The number of carbonyl (C=O) groups excluding carboxylic acids is 1. The zero-order valence-corrected chi connectivity index (χ0v) is 10.3. The van der Waals surface area contributed by atoms with Gasteiger partial charge < -0.3 is 10.6 Å². The number of hydrogen-bond donors (Lipinski definition) is 1. The van der Waals surface area contributed by atoms with Gasteiger partial charge in [-0.3, -0.25) is 4.79 Å². The molecule has 16 heavy (non-hydrogen) atoms. The number of aryl methyl sites for hydroxylation is 1. The number of nitrogen functional groups attached to an aromatic ring is 1. The molecule has 3 nitrogen and oxygen atoms in total. The fourth-order valence-corrected chi connectivity index (χ4v) is 1.67. The molecule has 1 aromatic rings. The molecule has 88 valence electrons. The first-order chi connectivity index (χ1) is 7.57. The van der Waals surface area contributed by atoms with Crippen LogP contribution >= 0.6 is 0 Å². The number of unbranched alkanes of at least 4 members (excludes halogenated alkanes) is 1. The van der Waals surface area contributed by atoms with Crippen molar-refractivity contribution in [2.45, 2.75) is 26.7 Å². The van der Waals surface area contributed by atoms with Crippen LogP contribution in [-0.4, -0.2) is 24.4 Å². The Labute approximate surface area is 97.2 Å². The lowest BCUT2D eigenvalue weighted by Crippen LogP contribution is -2.29. The second-order valence-electron chi connectivity index (χ2n) is 4.12. The van der Waals surface area contributed by atoms with Gasteiger partial charge >= 0.3 is 0 Å². The Hall–Kier alpha value is -1.51. The van der Waals surface area contributed by atoms with Gasteiger partial charge in [-0.1, -0.05) is 25.5 Å². The van der Waals surface area contributed by atoms with E-state index in [9.17, 15) is 4.79 Å². The van der Waals surface area contributed by atoms with Crippen LogP contribution in [0.5, 0.6) is 0 Å². The second kappa shape index (κ2) is 5.54. The number of rotatable bonds is 4. The average molecular weight is 220 g/mol. The van der Waals surface area contributed by atoms with Crippen molar-refractivity contribution in [2.75, 3.05) is 19.3 Å². The van der Waals surface area contributed by atoms with Gasteiger partial charge in [-0.2, -0.15) is 0 Å². The maximum absolute atomic E-state index is 12.1. The summed E-state index contributed by atoms with van der Waals surface area (Å²) in [5.74, 6) is 0.0176. The van der Waals surface area contributed by atoms with Crippen LogP contribution in [0.3, 0.4) is 0 Å². The second-order valence-corrected chi connectivity index (χ2v) is 4.12. The van der Waals surface area contributed by atoms with E-state index in [1.165, 1.54) is 0 Å². The average Bonchev–Trinajstić information content (AvgIpc) is 2.25. The standard InChI is InChI=1S/C13H20N2O/c1-4-5-9-15(3)13(16)12-10(2)7-6-8-11(12)14/h6-8H,4-5,9,14H2,1-3H3. The Balaban J connectivity index is 2.87. The van der Waals surface area contributed by atoms with E-state index in [1.54, 1.807) is 11.0 Å². The molecule has 0 fully saturated rings. The van der Waals surface area contributed by atoms with E-state index in [-0.39, 0.29) is 5.91 Å². The van der Waals surface area contributed by atoms with Gasteiger partial charge in [-0.05, 0) is 25.0 Å². The highest BCUT2D eigenvalue weighted by atomic mass is 16.2. The summed E-state index contributed by atoms with van der Waals surface area (Å²) in [5.41, 5.74) is 7.98. The topological polar surface area (TPSA) is 46.3 Å². The molecular weight excluding hydrogens is 200 g/mol. The highest BCUT2D eigenvalue weighted by Crippen LogP contribution is 2.18. The molecule has 0 unspecified atom stereocenters. The molecular formula is C13H20N2O. The molecule has 0 radical (unpaired) electrons. The van der Waals surface area contributed by atoms with Crippen LogP contribution in [0.15, 0.2) is 18.2 Å². The number of nitrogens with zero attached hydrogens (tertiary/aromatic N) is 1. The molecule has 3 heteroatoms. The SMILES string of the molecule is CCCCN(C)C(=O)c1c(C)cccc1N. The molecule has 0 heterocycles. The third kappa shape index (κ3) is 2.75. The smallest absolute Gasteiger partial charge is 0.255 e. The summed E-state index contributed by atoms with van der Waals surface area (Å²) in [6, 6.07) is 5.55. The van der Waals surface area contributed by atoms with Gasteiger partial charge in [0.05, 0.1) is 5.56 Å². The van der Waals surface area contributed by atoms with Crippen molar-refractivity contribution in [1.29, 1.82) is 0 Å². The van der Waals surface area contributed by atoms with E-state index in [4.69, 9.17) is 5.73 Å². The number of benzene rings is 1. The van der Waals surface area contributed by atoms with E-state index in [2.05, 4.69) is 6.92 Å². The number of nitrogens with two attached hydrogens (primary N) is 1. The van der Waals surface area contributed by atoms with Crippen LogP contribution in [-0.2, 0) is 0 Å². The number of carbonyl (C=O) groups is 1. The molecule has 0 aliphatic rings. The Morgan fingerprint density at radius 3 is 2.69 bits per heavy atom. The van der Waals surface area contributed by atoms with Crippen molar-refractivity contribution in [2.24, 2.45) is 0 Å². The van der Waals surface area contributed by atoms with E-state index in [0.29, 0.717) is 11.3 Å². The van der Waals surface area contributed by atoms with Gasteiger partial charge in [0.1, 0.15) is 0 Å². The van der Waals surface area contributed by atoms with Crippen LogP contribution < -0.4 is 5.73 Å². The minimum Gasteiger partial charge on any atom is -0.398 e. The lowest BCUT2D eigenvalue weighted by atomic mass is 10.1. The summed E-state index contributed by atoms with van der Waals surface area (Å²) in [5, 5.41) is 0. The molecule has 1 amide bonds. The Morgan fingerprint density at radius 1 is 1.44 bits per heavy atom. The molecule has 0 aromatic heterocycles. The molecule has 2 N–H and O–H groups in total. The Morgan fingerprint density at radius 2 is 2.12 bits per heavy atom. The summed E-state index contributed by atoms with van der Waals surface area (Å²) < 4.78 is 0. The molecule has 0 bridgehead atoms. The molecule has 1 aromatic carbocycles. The van der Waals surface area contributed by atoms with Crippen LogP contribution in [0.4, 0.5) is 5.69 Å². The first-order valence-corrected chi connectivity index (χ1v) is 5.68. The van der Waals surface area contributed by atoms with Crippen molar-refractivity contribution in [1.82, 2.24) is 4.90 Å². The maximum atomic E-state index is 12.1. The first-order valence-electron chi connectivity index (χ1n) is 5.68. The van der Waals surface area contributed by atoms with Gasteiger partial charge in [0.25, 0.3) is 5.91 Å². The number of anilines is 1. The van der Waals surface area contributed by atoms with E-state index < -0.39 is 0 Å². The molecule has 0 saturated carbocycles. The fraction of sp³-hybridized carbons (Fsp3) is 0.462. The van der Waals surface area contributed by atoms with Crippen LogP contribution in [0, 0.1) is 6.92 Å². The van der Waals surface area contributed by atoms with Gasteiger partial charge in [0, 0.05) is 19.3 Å². The molecule has 0 spiro atoms. The van der Waals surface area contributed by atoms with Crippen molar-refractivity contribution in [3.05, 3.63) is 29.3 Å². The molecule has 0 aliphatic heterocycles. The lowest BCUT2D eigenvalue weighted by Gasteiger charge is -2.19. The third-order valence-electron chi connectivity index (χ3n) is 2.71. The molecule has 1 rings (SSSR count). The molecule has 0 saturated heterocycles. The van der Waals surface area contributed by atoms with E-state index in [0.717, 1.165) is 24.9 Å². The predicted molar refractivity (Wildman–Crippen MR) is 67.5 cm³/mol. The van der Waals surface area contributed by atoms with Gasteiger partial charge in [-0.25, -0.2) is 0 Å². The quantitative estimate of drug-likeness (QED) is 0.792. The fourth-order valence-electron chi connectivity index (χ4n) is 1.67. The minimum atomic E-state index is 0.0176. The maximum Gasteiger partial charge on any atom is 0.255 e. The van der Waals surface area contributed by atoms with Crippen LogP contribution in [0.1, 0.15) is 35.7 Å². The number of hydrogen-bond acceptors (Lipinski definition) is 2. The zero-order chi connectivity index (χ0) is 12.1. The summed E-state index contributed by atoms with van der Waals surface area (Å²) in [6.07, 6.45) is 2.11. The van der Waals surface area contributed by atoms with Crippen molar-refractivity contribution in [3.8, 4) is 0 Å². The Kier molecular flexibility index (Phi) is 4.35. The lowest BCUT2D eigenvalue weighted by molar-refractivity contribution is 0.0793. The summed E-state index contributed by atoms with van der Waals surface area (Å²) in [4.78, 5) is 13.9. The Bertz CT molecular complexity index is 354. The van der Waals surface area contributed by atoms with Crippen molar-refractivity contribution in [3.63, 3.8) is 0 Å². The minimum absolute atomic E-state index is 0.0176. The van der Waals surface area contributed by atoms with Crippen molar-refractivity contribution >= 4 is 11.6 Å². The van der Waals surface area contributed by atoms with Gasteiger partial charge in [-0.15, -0.1) is 0 Å². The van der Waals surface area contributed by atoms with Crippen LogP contribution in [0.25, 0.3) is 0 Å². The molecule has 0 atom stereocenters. The highest BCUT2D eigenvalue weighted by Gasteiger charge is 2.16. The van der Waals surface area contributed by atoms with Crippen molar-refractivity contribution < 1.29 is 4.79 Å². The molecule has 0 aliphatic carbocycles. The normalized spacial score (nSPS) is 10.2. The monoisotopic (exact) mass is 220 g/mol. The first kappa shape index (κ1) is 12.6. The van der Waals surface area contributed by atoms with Gasteiger partial charge in [0.15, 0.2) is 0 Å². The highest BCUT2D eigenvalue weighted by molar-refractivity contribution is 6.00. The summed E-state index contributed by atoms with van der Waals surface area (Å²) in [6.45, 7) is 4.81. The number of amides is 1. The van der Waals surface area contributed by atoms with Crippen LogP contribution in [0.2, 0.25) is 0 Å². The van der Waals surface area contributed by atoms with Gasteiger partial charge in [0.2, 0.25) is 0 Å². The summed E-state index contributed by atoms with van der Waals surface area (Å²) in [7, 11) is 1.82.